The average molecular weight is 459 g/mol. The quantitative estimate of drug-likeness (QED) is 0.455. The minimum atomic E-state index is -0.791. The number of hydrogen-bond acceptors (Lipinski definition) is 6. The maximum atomic E-state index is 15.2. The second kappa shape index (κ2) is 7.24. The molecule has 0 saturated heterocycles. The van der Waals surface area contributed by atoms with Gasteiger partial charge in [0.2, 0.25) is 0 Å². The largest absolute Gasteiger partial charge is 0.496 e. The topological polar surface area (TPSA) is 82.4 Å². The molecule has 1 fully saturated rings. The van der Waals surface area contributed by atoms with E-state index in [1.807, 2.05) is 11.5 Å². The lowest BCUT2D eigenvalue weighted by Crippen LogP contribution is -2.45. The van der Waals surface area contributed by atoms with Gasteiger partial charge in [-0.25, -0.2) is 9.37 Å². The zero-order valence-corrected chi connectivity index (χ0v) is 19.0. The highest BCUT2D eigenvalue weighted by atomic mass is 19.1. The number of imidazole rings is 1. The molecule has 3 heterocycles. The second-order valence-corrected chi connectivity index (χ2v) is 8.64. The van der Waals surface area contributed by atoms with Crippen molar-refractivity contribution in [3.05, 3.63) is 48.7 Å². The van der Waals surface area contributed by atoms with Crippen LogP contribution in [0.4, 0.5) is 10.1 Å². The van der Waals surface area contributed by atoms with Gasteiger partial charge < -0.3 is 18.9 Å². The zero-order valence-electron chi connectivity index (χ0n) is 19.0. The first-order valence-corrected chi connectivity index (χ1v) is 11.1. The lowest BCUT2D eigenvalue weighted by molar-refractivity contribution is -0.127. The van der Waals surface area contributed by atoms with E-state index in [0.717, 1.165) is 11.1 Å². The molecule has 1 aliphatic carbocycles. The van der Waals surface area contributed by atoms with Crippen LogP contribution in [0.25, 0.3) is 33.4 Å². The number of aryl methyl sites for hydroxylation is 1. The van der Waals surface area contributed by atoms with E-state index in [-0.39, 0.29) is 5.91 Å². The smallest absolute Gasteiger partial charge is 0.271 e. The Labute approximate surface area is 194 Å². The van der Waals surface area contributed by atoms with Gasteiger partial charge in [-0.1, -0.05) is 6.07 Å². The summed E-state index contributed by atoms with van der Waals surface area (Å²) in [4.78, 5) is 18.8. The Morgan fingerprint density at radius 3 is 2.74 bits per heavy atom. The van der Waals surface area contributed by atoms with Gasteiger partial charge in [-0.3, -0.25) is 4.79 Å². The number of carbonyl (C=O) groups excluding carboxylic acids is 1. The monoisotopic (exact) mass is 459 g/mol. The number of nitrogens with zero attached hydrogens (tertiary/aromatic N) is 5. The van der Waals surface area contributed by atoms with Gasteiger partial charge >= 0.3 is 0 Å². The van der Waals surface area contributed by atoms with E-state index < -0.39 is 11.4 Å². The van der Waals surface area contributed by atoms with Crippen LogP contribution in [-0.2, 0) is 11.3 Å². The number of likely N-dealkylation sites (N-methyl/N-ethyl adjacent to an activating group) is 1. The number of anilines is 1. The van der Waals surface area contributed by atoms with E-state index in [1.54, 1.807) is 48.7 Å². The number of methoxy groups -OCH3 is 1. The summed E-state index contributed by atoms with van der Waals surface area (Å²) in [5, 5.41) is 8.35. The summed E-state index contributed by atoms with van der Waals surface area (Å²) < 4.78 is 28.8. The number of benzene rings is 2. The minimum absolute atomic E-state index is 0.0660. The van der Waals surface area contributed by atoms with E-state index >= 15 is 4.39 Å². The Morgan fingerprint density at radius 1 is 1.18 bits per heavy atom. The van der Waals surface area contributed by atoms with E-state index in [9.17, 15) is 4.79 Å². The SMILES string of the molecule is CCn1cnc2c(-c3ccc(F)c(-c4cc5c(cc4OC)N(C)C(=O)C4(CC4)O5)c3)cnnc21. The zero-order chi connectivity index (χ0) is 23.6. The Morgan fingerprint density at radius 2 is 2.00 bits per heavy atom. The lowest BCUT2D eigenvalue weighted by atomic mass is 9.97. The van der Waals surface area contributed by atoms with Crippen molar-refractivity contribution in [3.63, 3.8) is 0 Å². The van der Waals surface area contributed by atoms with Crippen molar-refractivity contribution < 1.29 is 18.7 Å². The van der Waals surface area contributed by atoms with Crippen LogP contribution < -0.4 is 14.4 Å². The summed E-state index contributed by atoms with van der Waals surface area (Å²) in [7, 11) is 3.25. The highest BCUT2D eigenvalue weighted by molar-refractivity contribution is 6.05. The highest BCUT2D eigenvalue weighted by Gasteiger charge is 2.57. The van der Waals surface area contributed by atoms with Crippen molar-refractivity contribution >= 4 is 22.8 Å². The molecule has 0 atom stereocenters. The highest BCUT2D eigenvalue weighted by Crippen LogP contribution is 2.51. The van der Waals surface area contributed by atoms with Crippen LogP contribution in [0.5, 0.6) is 11.5 Å². The number of carbonyl (C=O) groups is 1. The molecular formula is C25H22FN5O3. The van der Waals surface area contributed by atoms with Crippen molar-refractivity contribution in [2.24, 2.45) is 0 Å². The molecule has 2 aromatic carbocycles. The number of halogens is 1. The van der Waals surface area contributed by atoms with Gasteiger partial charge in [0.25, 0.3) is 5.91 Å². The maximum Gasteiger partial charge on any atom is 0.271 e. The van der Waals surface area contributed by atoms with E-state index in [0.29, 0.717) is 58.9 Å². The molecule has 4 aromatic rings. The fourth-order valence-corrected chi connectivity index (χ4v) is 4.59. The Hall–Kier alpha value is -4.01. The van der Waals surface area contributed by atoms with Crippen LogP contribution >= 0.6 is 0 Å². The van der Waals surface area contributed by atoms with Crippen molar-refractivity contribution in [3.8, 4) is 33.8 Å². The average Bonchev–Trinajstić information content (AvgIpc) is 3.50. The summed E-state index contributed by atoms with van der Waals surface area (Å²) >= 11 is 0. The van der Waals surface area contributed by atoms with Gasteiger partial charge in [0, 0.05) is 49.2 Å². The van der Waals surface area contributed by atoms with Crippen LogP contribution in [0, 0.1) is 5.82 Å². The summed E-state index contributed by atoms with van der Waals surface area (Å²) in [5.41, 5.74) is 3.59. The van der Waals surface area contributed by atoms with Gasteiger partial charge in [0.15, 0.2) is 11.2 Å². The number of amides is 1. The molecule has 0 radical (unpaired) electrons. The van der Waals surface area contributed by atoms with Crippen molar-refractivity contribution in [1.82, 2.24) is 19.7 Å². The lowest BCUT2D eigenvalue weighted by Gasteiger charge is -2.33. The van der Waals surface area contributed by atoms with Crippen molar-refractivity contribution in [1.29, 1.82) is 0 Å². The minimum Gasteiger partial charge on any atom is -0.496 e. The number of aromatic nitrogens is 4. The molecule has 9 heteroatoms. The number of fused-ring (bicyclic) bond motifs is 2. The predicted molar refractivity (Wildman–Crippen MR) is 124 cm³/mol. The van der Waals surface area contributed by atoms with E-state index in [4.69, 9.17) is 9.47 Å². The van der Waals surface area contributed by atoms with Gasteiger partial charge in [0.1, 0.15) is 22.8 Å². The molecule has 172 valence electrons. The molecule has 6 rings (SSSR count). The third-order valence-electron chi connectivity index (χ3n) is 6.66. The number of rotatable bonds is 4. The van der Waals surface area contributed by atoms with Crippen LogP contribution in [-0.4, -0.2) is 45.4 Å². The first-order chi connectivity index (χ1) is 16.5. The molecule has 0 N–H and O–H groups in total. The van der Waals surface area contributed by atoms with Crippen LogP contribution in [0.1, 0.15) is 19.8 Å². The molecule has 1 saturated carbocycles. The summed E-state index contributed by atoms with van der Waals surface area (Å²) in [6.45, 7) is 2.72. The summed E-state index contributed by atoms with van der Waals surface area (Å²) in [6, 6.07) is 8.36. The number of ether oxygens (including phenoxy) is 2. The molecule has 1 amide bonds. The van der Waals surface area contributed by atoms with Gasteiger partial charge in [-0.15, -0.1) is 5.10 Å². The van der Waals surface area contributed by atoms with Gasteiger partial charge in [-0.05, 0) is 30.7 Å². The first kappa shape index (κ1) is 20.6. The van der Waals surface area contributed by atoms with E-state index in [2.05, 4.69) is 15.2 Å². The standard InChI is InChI=1S/C25H22FN5O3/c1-4-31-13-27-22-17(12-28-29-23(22)31)14-5-6-18(26)15(9-14)16-10-21-19(11-20(16)33-3)30(2)24(32)25(34-21)7-8-25/h5-6,9-13H,4,7-8H2,1-3H3. The normalized spacial score (nSPS) is 16.0. The van der Waals surface area contributed by atoms with E-state index in [1.165, 1.54) is 13.2 Å². The van der Waals surface area contributed by atoms with Gasteiger partial charge in [0.05, 0.1) is 25.3 Å². The third kappa shape index (κ3) is 2.89. The molecular weight excluding hydrogens is 437 g/mol. The molecule has 8 nitrogen and oxygen atoms in total. The maximum absolute atomic E-state index is 15.2. The molecule has 1 spiro atoms. The fraction of sp³-hybridized carbons (Fsp3) is 0.280. The van der Waals surface area contributed by atoms with Crippen LogP contribution in [0.3, 0.4) is 0 Å². The molecule has 0 unspecified atom stereocenters. The van der Waals surface area contributed by atoms with Crippen LogP contribution in [0.2, 0.25) is 0 Å². The Balaban J connectivity index is 1.51. The number of hydrogen-bond donors (Lipinski definition) is 0. The summed E-state index contributed by atoms with van der Waals surface area (Å²) in [5.74, 6) is 0.511. The Kier molecular flexibility index (Phi) is 4.39. The van der Waals surface area contributed by atoms with Crippen molar-refractivity contribution in [2.75, 3.05) is 19.1 Å². The Bertz CT molecular complexity index is 1480. The van der Waals surface area contributed by atoms with Crippen molar-refractivity contribution in [2.45, 2.75) is 31.9 Å². The first-order valence-electron chi connectivity index (χ1n) is 11.1. The predicted octanol–water partition coefficient (Wildman–Crippen LogP) is 4.22. The molecule has 34 heavy (non-hydrogen) atoms. The fourth-order valence-electron chi connectivity index (χ4n) is 4.59. The molecule has 0 bridgehead atoms. The summed E-state index contributed by atoms with van der Waals surface area (Å²) in [6.07, 6.45) is 4.71. The second-order valence-electron chi connectivity index (χ2n) is 8.64. The molecule has 2 aliphatic rings. The van der Waals surface area contributed by atoms with Crippen LogP contribution in [0.15, 0.2) is 42.9 Å². The van der Waals surface area contributed by atoms with Gasteiger partial charge in [-0.2, -0.15) is 5.10 Å². The molecule has 1 aliphatic heterocycles. The molecule has 2 aromatic heterocycles. The third-order valence-corrected chi connectivity index (χ3v) is 6.66.